The molecular weight excluding hydrogens is 219 g/mol. The summed E-state index contributed by atoms with van der Waals surface area (Å²) in [6.07, 6.45) is 0.483. The van der Waals surface area contributed by atoms with Gasteiger partial charge in [0.25, 0.3) is 0 Å². The second-order valence-corrected chi connectivity index (χ2v) is 3.50. The van der Waals surface area contributed by atoms with Gasteiger partial charge in [-0.1, -0.05) is 17.7 Å². The van der Waals surface area contributed by atoms with Crippen molar-refractivity contribution in [2.45, 2.75) is 6.10 Å². The maximum atomic E-state index is 13.1. The normalized spacial score (nSPS) is 12.7. The zero-order chi connectivity index (χ0) is 10.8. The number of halogens is 2. The van der Waals surface area contributed by atoms with Crippen molar-refractivity contribution in [3.8, 4) is 0 Å². The largest absolute Gasteiger partial charge is 0.466 e. The Morgan fingerprint density at radius 3 is 2.73 bits per heavy atom. The molecule has 1 atom stereocenters. The van der Waals surface area contributed by atoms with Crippen LogP contribution in [0.25, 0.3) is 0 Å². The van der Waals surface area contributed by atoms with Gasteiger partial charge >= 0.3 is 0 Å². The molecule has 0 amide bonds. The highest BCUT2D eigenvalue weighted by Gasteiger charge is 2.14. The molecule has 15 heavy (non-hydrogen) atoms. The number of rotatable bonds is 2. The van der Waals surface area contributed by atoms with Crippen LogP contribution in [0.3, 0.4) is 0 Å². The van der Waals surface area contributed by atoms with Gasteiger partial charge in [-0.15, -0.1) is 0 Å². The van der Waals surface area contributed by atoms with Crippen LogP contribution in [-0.2, 0) is 0 Å². The van der Waals surface area contributed by atoms with Crippen molar-refractivity contribution in [3.05, 3.63) is 58.8 Å². The van der Waals surface area contributed by atoms with E-state index in [0.717, 1.165) is 0 Å². The van der Waals surface area contributed by atoms with Gasteiger partial charge in [0, 0.05) is 0 Å². The summed E-state index contributed by atoms with van der Waals surface area (Å²) in [5.41, 5.74) is 0.409. The van der Waals surface area contributed by atoms with Gasteiger partial charge in [0.05, 0.1) is 11.3 Å². The Balaban J connectivity index is 2.34. The fourth-order valence-electron chi connectivity index (χ4n) is 1.29. The molecule has 2 nitrogen and oxygen atoms in total. The van der Waals surface area contributed by atoms with E-state index in [-0.39, 0.29) is 5.02 Å². The maximum Gasteiger partial charge on any atom is 0.142 e. The first-order chi connectivity index (χ1) is 7.18. The predicted molar refractivity (Wildman–Crippen MR) is 54.2 cm³/mol. The molecule has 0 unspecified atom stereocenters. The minimum atomic E-state index is -0.966. The number of hydrogen-bond acceptors (Lipinski definition) is 2. The molecule has 0 bridgehead atoms. The third-order valence-corrected chi connectivity index (χ3v) is 2.38. The minimum absolute atomic E-state index is 0.0328. The SMILES string of the molecule is O[C@H](c1ccc(Cl)c(F)c1)c1ccco1. The number of aliphatic hydroxyl groups is 1. The zero-order valence-corrected chi connectivity index (χ0v) is 8.41. The first kappa shape index (κ1) is 10.2. The fraction of sp³-hybridized carbons (Fsp3) is 0.0909. The number of furan rings is 1. The van der Waals surface area contributed by atoms with Crippen LogP contribution in [0.2, 0.25) is 5.02 Å². The Morgan fingerprint density at radius 2 is 2.13 bits per heavy atom. The molecule has 2 aromatic rings. The quantitative estimate of drug-likeness (QED) is 0.853. The van der Waals surface area contributed by atoms with Crippen LogP contribution >= 0.6 is 11.6 Å². The first-order valence-electron chi connectivity index (χ1n) is 4.35. The standard InChI is InChI=1S/C11H8ClFO2/c12-8-4-3-7(6-9(8)13)11(14)10-2-1-5-15-10/h1-6,11,14H/t11-/m1/s1. The summed E-state index contributed by atoms with van der Waals surface area (Å²) in [6.45, 7) is 0. The van der Waals surface area contributed by atoms with E-state index in [1.807, 2.05) is 0 Å². The molecule has 1 N–H and O–H groups in total. The summed E-state index contributed by atoms with van der Waals surface area (Å²) in [5.74, 6) is -0.184. The van der Waals surface area contributed by atoms with Gasteiger partial charge in [0.1, 0.15) is 17.7 Å². The van der Waals surface area contributed by atoms with Crippen molar-refractivity contribution in [2.75, 3.05) is 0 Å². The van der Waals surface area contributed by atoms with Gasteiger partial charge in [-0.25, -0.2) is 4.39 Å². The van der Waals surface area contributed by atoms with Gasteiger partial charge in [-0.3, -0.25) is 0 Å². The van der Waals surface area contributed by atoms with Gasteiger partial charge in [0.2, 0.25) is 0 Å². The van der Waals surface area contributed by atoms with Crippen molar-refractivity contribution in [1.82, 2.24) is 0 Å². The lowest BCUT2D eigenvalue weighted by Crippen LogP contribution is -1.98. The van der Waals surface area contributed by atoms with E-state index in [4.69, 9.17) is 16.0 Å². The first-order valence-corrected chi connectivity index (χ1v) is 4.72. The lowest BCUT2D eigenvalue weighted by molar-refractivity contribution is 0.189. The highest BCUT2D eigenvalue weighted by molar-refractivity contribution is 6.30. The molecule has 0 radical (unpaired) electrons. The van der Waals surface area contributed by atoms with E-state index >= 15 is 0 Å². The molecule has 2 rings (SSSR count). The van der Waals surface area contributed by atoms with E-state index in [2.05, 4.69) is 0 Å². The minimum Gasteiger partial charge on any atom is -0.466 e. The van der Waals surface area contributed by atoms with Crippen molar-refractivity contribution in [2.24, 2.45) is 0 Å². The number of aliphatic hydroxyl groups excluding tert-OH is 1. The molecule has 1 heterocycles. The van der Waals surface area contributed by atoms with Crippen molar-refractivity contribution in [3.63, 3.8) is 0 Å². The topological polar surface area (TPSA) is 33.4 Å². The second-order valence-electron chi connectivity index (χ2n) is 3.09. The smallest absolute Gasteiger partial charge is 0.142 e. The molecule has 1 aromatic heterocycles. The Morgan fingerprint density at radius 1 is 1.33 bits per heavy atom. The average molecular weight is 227 g/mol. The summed E-state index contributed by atoms with van der Waals surface area (Å²) in [4.78, 5) is 0. The van der Waals surface area contributed by atoms with E-state index < -0.39 is 11.9 Å². The molecule has 0 saturated carbocycles. The molecule has 0 aliphatic heterocycles. The van der Waals surface area contributed by atoms with Crippen LogP contribution in [-0.4, -0.2) is 5.11 Å². The Hall–Kier alpha value is -1.32. The van der Waals surface area contributed by atoms with E-state index in [1.165, 1.54) is 18.4 Å². The van der Waals surface area contributed by atoms with Gasteiger partial charge in [-0.2, -0.15) is 0 Å². The lowest BCUT2D eigenvalue weighted by Gasteiger charge is -2.08. The predicted octanol–water partition coefficient (Wildman–Crippen LogP) is 3.15. The fourth-order valence-corrected chi connectivity index (χ4v) is 1.41. The molecule has 4 heteroatoms. The van der Waals surface area contributed by atoms with Crippen LogP contribution < -0.4 is 0 Å². The van der Waals surface area contributed by atoms with Crippen LogP contribution in [0.5, 0.6) is 0 Å². The highest BCUT2D eigenvalue weighted by atomic mass is 35.5. The molecule has 78 valence electrons. The molecule has 1 aromatic carbocycles. The lowest BCUT2D eigenvalue weighted by atomic mass is 10.1. The van der Waals surface area contributed by atoms with Crippen LogP contribution in [0.15, 0.2) is 41.0 Å². The Bertz CT molecular complexity index is 454. The van der Waals surface area contributed by atoms with Gasteiger partial charge < -0.3 is 9.52 Å². The number of hydrogen-bond donors (Lipinski definition) is 1. The zero-order valence-electron chi connectivity index (χ0n) is 7.65. The van der Waals surface area contributed by atoms with Gasteiger partial charge in [-0.05, 0) is 29.8 Å². The van der Waals surface area contributed by atoms with E-state index in [1.54, 1.807) is 18.2 Å². The molecule has 0 fully saturated rings. The van der Waals surface area contributed by atoms with E-state index in [0.29, 0.717) is 11.3 Å². The average Bonchev–Trinajstić information content (AvgIpc) is 2.74. The molecule has 0 aliphatic rings. The Kier molecular flexibility index (Phi) is 2.75. The Labute approximate surface area is 90.9 Å². The molecule has 0 aliphatic carbocycles. The molecule has 0 saturated heterocycles. The molecular formula is C11H8ClFO2. The summed E-state index contributed by atoms with van der Waals surface area (Å²) in [7, 11) is 0. The third kappa shape index (κ3) is 2.03. The summed E-state index contributed by atoms with van der Waals surface area (Å²) in [5, 5.41) is 9.83. The maximum absolute atomic E-state index is 13.1. The van der Waals surface area contributed by atoms with Crippen molar-refractivity contribution < 1.29 is 13.9 Å². The monoisotopic (exact) mass is 226 g/mol. The highest BCUT2D eigenvalue weighted by Crippen LogP contribution is 2.25. The van der Waals surface area contributed by atoms with Crippen molar-refractivity contribution >= 4 is 11.6 Å². The van der Waals surface area contributed by atoms with E-state index in [9.17, 15) is 9.50 Å². The number of benzene rings is 1. The molecule has 0 spiro atoms. The van der Waals surface area contributed by atoms with Crippen LogP contribution in [0, 0.1) is 5.82 Å². The third-order valence-electron chi connectivity index (χ3n) is 2.07. The van der Waals surface area contributed by atoms with Crippen LogP contribution in [0.1, 0.15) is 17.4 Å². The summed E-state index contributed by atoms with van der Waals surface area (Å²) < 4.78 is 18.1. The second kappa shape index (κ2) is 4.04. The van der Waals surface area contributed by atoms with Crippen LogP contribution in [0.4, 0.5) is 4.39 Å². The van der Waals surface area contributed by atoms with Gasteiger partial charge in [0.15, 0.2) is 0 Å². The van der Waals surface area contributed by atoms with Crippen molar-refractivity contribution in [1.29, 1.82) is 0 Å². The summed E-state index contributed by atoms with van der Waals surface area (Å²) in [6, 6.07) is 7.43. The summed E-state index contributed by atoms with van der Waals surface area (Å²) >= 11 is 5.53.